The zero-order valence-corrected chi connectivity index (χ0v) is 12.0. The van der Waals surface area contributed by atoms with Crippen LogP contribution in [0, 0.1) is 0 Å². The molecule has 0 bridgehead atoms. The summed E-state index contributed by atoms with van der Waals surface area (Å²) in [5, 5.41) is 0. The van der Waals surface area contributed by atoms with Gasteiger partial charge in [-0.1, -0.05) is 0 Å². The highest BCUT2D eigenvalue weighted by molar-refractivity contribution is 5.82. The summed E-state index contributed by atoms with van der Waals surface area (Å²) in [4.78, 5) is 25.7. The average molecular weight is 269 g/mol. The molecule has 108 valence electrons. The molecule has 0 aromatic rings. The number of rotatable bonds is 0. The molecular formula is C14H23NO4. The SMILES string of the molecule is CC(C)(C)OC(=O)N1CCCCC12COCC(=O)C2. The smallest absolute Gasteiger partial charge is 0.410 e. The Labute approximate surface area is 114 Å². The second-order valence-electron chi connectivity index (χ2n) is 6.52. The molecule has 19 heavy (non-hydrogen) atoms. The van der Waals surface area contributed by atoms with Crippen LogP contribution in [0.5, 0.6) is 0 Å². The van der Waals surface area contributed by atoms with E-state index in [4.69, 9.17) is 9.47 Å². The van der Waals surface area contributed by atoms with E-state index < -0.39 is 11.1 Å². The molecule has 1 spiro atoms. The number of nitrogens with zero attached hydrogens (tertiary/aromatic N) is 1. The quantitative estimate of drug-likeness (QED) is 0.676. The fourth-order valence-corrected chi connectivity index (χ4v) is 2.86. The van der Waals surface area contributed by atoms with Crippen LogP contribution in [-0.2, 0) is 14.3 Å². The maximum Gasteiger partial charge on any atom is 0.410 e. The van der Waals surface area contributed by atoms with Gasteiger partial charge in [0, 0.05) is 13.0 Å². The highest BCUT2D eigenvalue weighted by atomic mass is 16.6. The third kappa shape index (κ3) is 3.26. The van der Waals surface area contributed by atoms with Crippen molar-refractivity contribution in [2.24, 2.45) is 0 Å². The molecule has 0 aliphatic carbocycles. The Balaban J connectivity index is 2.15. The molecule has 2 aliphatic rings. The first kappa shape index (κ1) is 14.3. The topological polar surface area (TPSA) is 55.8 Å². The van der Waals surface area contributed by atoms with E-state index in [-0.39, 0.29) is 18.5 Å². The van der Waals surface area contributed by atoms with Crippen molar-refractivity contribution < 1.29 is 19.1 Å². The van der Waals surface area contributed by atoms with E-state index in [9.17, 15) is 9.59 Å². The number of Topliss-reactive ketones (excluding diaryl/α,β-unsaturated/α-hetero) is 1. The van der Waals surface area contributed by atoms with Crippen LogP contribution in [0.25, 0.3) is 0 Å². The molecular weight excluding hydrogens is 246 g/mol. The van der Waals surface area contributed by atoms with E-state index in [2.05, 4.69) is 0 Å². The summed E-state index contributed by atoms with van der Waals surface area (Å²) in [6.45, 7) is 6.81. The number of amides is 1. The molecule has 2 fully saturated rings. The van der Waals surface area contributed by atoms with Gasteiger partial charge in [-0.2, -0.15) is 0 Å². The van der Waals surface area contributed by atoms with Crippen molar-refractivity contribution in [2.45, 2.75) is 57.6 Å². The Morgan fingerprint density at radius 1 is 1.37 bits per heavy atom. The number of ketones is 1. The van der Waals surface area contributed by atoms with Crippen molar-refractivity contribution in [2.75, 3.05) is 19.8 Å². The zero-order chi connectivity index (χ0) is 14.1. The highest BCUT2D eigenvalue weighted by Crippen LogP contribution is 2.35. The van der Waals surface area contributed by atoms with Gasteiger partial charge in [0.2, 0.25) is 0 Å². The van der Waals surface area contributed by atoms with Crippen LogP contribution in [0.15, 0.2) is 0 Å². The number of hydrogen-bond donors (Lipinski definition) is 0. The first-order chi connectivity index (χ1) is 8.82. The van der Waals surface area contributed by atoms with E-state index in [0.717, 1.165) is 19.3 Å². The molecule has 5 heteroatoms. The van der Waals surface area contributed by atoms with Crippen LogP contribution in [-0.4, -0.2) is 47.7 Å². The molecule has 2 heterocycles. The largest absolute Gasteiger partial charge is 0.444 e. The summed E-state index contributed by atoms with van der Waals surface area (Å²) in [6, 6.07) is 0. The maximum absolute atomic E-state index is 12.3. The second-order valence-corrected chi connectivity index (χ2v) is 6.52. The van der Waals surface area contributed by atoms with Crippen LogP contribution in [0.3, 0.4) is 0 Å². The van der Waals surface area contributed by atoms with Crippen molar-refractivity contribution in [1.29, 1.82) is 0 Å². The monoisotopic (exact) mass is 269 g/mol. The Bertz CT molecular complexity index is 370. The van der Waals surface area contributed by atoms with E-state index in [0.29, 0.717) is 19.6 Å². The van der Waals surface area contributed by atoms with Crippen molar-refractivity contribution >= 4 is 11.9 Å². The lowest BCUT2D eigenvalue weighted by atomic mass is 9.82. The first-order valence-electron chi connectivity index (χ1n) is 6.93. The molecule has 5 nitrogen and oxygen atoms in total. The van der Waals surface area contributed by atoms with Gasteiger partial charge in [-0.25, -0.2) is 4.79 Å². The summed E-state index contributed by atoms with van der Waals surface area (Å²) in [5.74, 6) is 0.0710. The Morgan fingerprint density at radius 3 is 2.74 bits per heavy atom. The lowest BCUT2D eigenvalue weighted by Crippen LogP contribution is -2.61. The lowest BCUT2D eigenvalue weighted by Gasteiger charge is -2.48. The van der Waals surface area contributed by atoms with Crippen LogP contribution in [0.4, 0.5) is 4.79 Å². The van der Waals surface area contributed by atoms with Crippen molar-refractivity contribution in [3.05, 3.63) is 0 Å². The lowest BCUT2D eigenvalue weighted by molar-refractivity contribution is -0.139. The molecule has 2 rings (SSSR count). The van der Waals surface area contributed by atoms with Gasteiger partial charge in [-0.05, 0) is 40.0 Å². The standard InChI is InChI=1S/C14H23NO4/c1-13(2,3)19-12(17)15-7-5-4-6-14(15)8-11(16)9-18-10-14/h4-10H2,1-3H3. The molecule has 2 saturated heterocycles. The van der Waals surface area contributed by atoms with Crippen LogP contribution >= 0.6 is 0 Å². The Morgan fingerprint density at radius 2 is 2.11 bits per heavy atom. The summed E-state index contributed by atoms with van der Waals surface area (Å²) in [5.41, 5.74) is -0.995. The fraction of sp³-hybridized carbons (Fsp3) is 0.857. The third-order valence-corrected chi connectivity index (χ3v) is 3.62. The van der Waals surface area contributed by atoms with Crippen LogP contribution in [0.1, 0.15) is 46.5 Å². The van der Waals surface area contributed by atoms with Gasteiger partial charge in [0.1, 0.15) is 12.2 Å². The van der Waals surface area contributed by atoms with Gasteiger partial charge in [0.15, 0.2) is 5.78 Å². The predicted octanol–water partition coefficient (Wildman–Crippen LogP) is 2.14. The van der Waals surface area contributed by atoms with Crippen molar-refractivity contribution in [3.63, 3.8) is 0 Å². The van der Waals surface area contributed by atoms with Gasteiger partial charge < -0.3 is 9.47 Å². The van der Waals surface area contributed by atoms with Gasteiger partial charge in [-0.15, -0.1) is 0 Å². The summed E-state index contributed by atoms with van der Waals surface area (Å²) in [7, 11) is 0. The van der Waals surface area contributed by atoms with Crippen molar-refractivity contribution in [3.8, 4) is 0 Å². The zero-order valence-electron chi connectivity index (χ0n) is 12.0. The minimum Gasteiger partial charge on any atom is -0.444 e. The predicted molar refractivity (Wildman–Crippen MR) is 70.0 cm³/mol. The van der Waals surface area contributed by atoms with Gasteiger partial charge in [0.25, 0.3) is 0 Å². The number of hydrogen-bond acceptors (Lipinski definition) is 4. The molecule has 1 amide bonds. The summed E-state index contributed by atoms with van der Waals surface area (Å²) in [6.07, 6.45) is 2.86. The molecule has 0 aromatic heterocycles. The highest BCUT2D eigenvalue weighted by Gasteiger charge is 2.46. The van der Waals surface area contributed by atoms with E-state index in [1.165, 1.54) is 0 Å². The molecule has 0 saturated carbocycles. The van der Waals surface area contributed by atoms with Crippen molar-refractivity contribution in [1.82, 2.24) is 4.90 Å². The first-order valence-corrected chi connectivity index (χ1v) is 6.93. The second kappa shape index (κ2) is 5.12. The van der Waals surface area contributed by atoms with E-state index >= 15 is 0 Å². The van der Waals surface area contributed by atoms with Crippen LogP contribution < -0.4 is 0 Å². The van der Waals surface area contributed by atoms with Gasteiger partial charge in [-0.3, -0.25) is 9.69 Å². The fourth-order valence-electron chi connectivity index (χ4n) is 2.86. The number of carbonyl (C=O) groups excluding carboxylic acids is 2. The number of likely N-dealkylation sites (tertiary alicyclic amines) is 1. The molecule has 0 N–H and O–H groups in total. The summed E-state index contributed by atoms with van der Waals surface area (Å²) >= 11 is 0. The number of carbonyl (C=O) groups is 2. The Kier molecular flexibility index (Phi) is 3.85. The Hall–Kier alpha value is -1.10. The average Bonchev–Trinajstić information content (AvgIpc) is 2.26. The minimum absolute atomic E-state index is 0.0710. The molecule has 1 atom stereocenters. The third-order valence-electron chi connectivity index (χ3n) is 3.62. The minimum atomic E-state index is -0.519. The van der Waals surface area contributed by atoms with Gasteiger partial charge >= 0.3 is 6.09 Å². The van der Waals surface area contributed by atoms with E-state index in [1.54, 1.807) is 4.90 Å². The van der Waals surface area contributed by atoms with Crippen LogP contribution in [0.2, 0.25) is 0 Å². The normalized spacial score (nSPS) is 28.6. The maximum atomic E-state index is 12.3. The molecule has 0 radical (unpaired) electrons. The molecule has 2 aliphatic heterocycles. The molecule has 1 unspecified atom stereocenters. The number of ether oxygens (including phenoxy) is 2. The summed E-state index contributed by atoms with van der Waals surface area (Å²) < 4.78 is 10.8. The number of piperidine rings is 1. The van der Waals surface area contributed by atoms with Gasteiger partial charge in [0.05, 0.1) is 12.1 Å². The molecule has 0 aromatic carbocycles. The van der Waals surface area contributed by atoms with E-state index in [1.807, 2.05) is 20.8 Å².